The summed E-state index contributed by atoms with van der Waals surface area (Å²) in [5, 5.41) is 9.87. The molecule has 0 saturated carbocycles. The maximum absolute atomic E-state index is 12.0. The number of amides is 1. The molecule has 1 saturated heterocycles. The van der Waals surface area contributed by atoms with E-state index in [9.17, 15) is 9.90 Å². The summed E-state index contributed by atoms with van der Waals surface area (Å²) < 4.78 is 5.38. The van der Waals surface area contributed by atoms with Gasteiger partial charge in [-0.15, -0.1) is 0 Å². The summed E-state index contributed by atoms with van der Waals surface area (Å²) in [4.78, 5) is 15.9. The van der Waals surface area contributed by atoms with Crippen LogP contribution < -0.4 is 0 Å². The summed E-state index contributed by atoms with van der Waals surface area (Å²) >= 11 is 0. The number of carbonyl (C=O) groups is 1. The standard InChI is InChI=1S/C14H28N2O3/c1-11-9-15(12(17)19-13(2,3)4)7-8-16(11)10-14(5,6)18/h11,18H,7-10H2,1-6H3. The fourth-order valence-electron chi connectivity index (χ4n) is 2.22. The van der Waals surface area contributed by atoms with E-state index in [1.807, 2.05) is 20.8 Å². The maximum Gasteiger partial charge on any atom is 0.410 e. The molecule has 1 rings (SSSR count). The molecule has 5 heteroatoms. The van der Waals surface area contributed by atoms with E-state index in [0.29, 0.717) is 19.6 Å². The van der Waals surface area contributed by atoms with Crippen molar-refractivity contribution >= 4 is 6.09 Å². The Morgan fingerprint density at radius 3 is 2.26 bits per heavy atom. The van der Waals surface area contributed by atoms with Gasteiger partial charge < -0.3 is 14.7 Å². The molecular formula is C14H28N2O3. The third-order valence-corrected chi connectivity index (χ3v) is 3.01. The number of aliphatic hydroxyl groups is 1. The summed E-state index contributed by atoms with van der Waals surface area (Å²) in [5.74, 6) is 0. The lowest BCUT2D eigenvalue weighted by atomic mass is 10.1. The normalized spacial score (nSPS) is 22.5. The van der Waals surface area contributed by atoms with Crippen LogP contribution in [0.1, 0.15) is 41.5 Å². The van der Waals surface area contributed by atoms with Crippen molar-refractivity contribution in [1.29, 1.82) is 0 Å². The van der Waals surface area contributed by atoms with Crippen molar-refractivity contribution in [3.8, 4) is 0 Å². The quantitative estimate of drug-likeness (QED) is 0.831. The van der Waals surface area contributed by atoms with Crippen LogP contribution in [0.25, 0.3) is 0 Å². The van der Waals surface area contributed by atoms with Gasteiger partial charge in [0.25, 0.3) is 0 Å². The molecule has 0 aromatic rings. The Bertz CT molecular complexity index is 318. The number of ether oxygens (including phenoxy) is 1. The van der Waals surface area contributed by atoms with Crippen LogP contribution in [0.3, 0.4) is 0 Å². The maximum atomic E-state index is 12.0. The predicted octanol–water partition coefficient (Wildman–Crippen LogP) is 1.70. The fourth-order valence-corrected chi connectivity index (χ4v) is 2.22. The Balaban J connectivity index is 2.52. The third kappa shape index (κ3) is 5.78. The number of carbonyl (C=O) groups excluding carboxylic acids is 1. The van der Waals surface area contributed by atoms with E-state index in [1.165, 1.54) is 0 Å². The molecule has 0 aliphatic carbocycles. The van der Waals surface area contributed by atoms with E-state index in [1.54, 1.807) is 18.7 Å². The molecule has 1 N–H and O–H groups in total. The van der Waals surface area contributed by atoms with Crippen molar-refractivity contribution in [2.75, 3.05) is 26.2 Å². The van der Waals surface area contributed by atoms with Crippen LogP contribution in [0.2, 0.25) is 0 Å². The van der Waals surface area contributed by atoms with Gasteiger partial charge in [-0.3, -0.25) is 4.90 Å². The van der Waals surface area contributed by atoms with E-state index in [4.69, 9.17) is 4.74 Å². The monoisotopic (exact) mass is 272 g/mol. The Hall–Kier alpha value is -0.810. The van der Waals surface area contributed by atoms with Crippen molar-refractivity contribution in [3.63, 3.8) is 0 Å². The topological polar surface area (TPSA) is 53.0 Å². The van der Waals surface area contributed by atoms with Gasteiger partial charge in [-0.2, -0.15) is 0 Å². The molecule has 1 heterocycles. The van der Waals surface area contributed by atoms with Gasteiger partial charge in [-0.1, -0.05) is 0 Å². The first-order valence-corrected chi connectivity index (χ1v) is 6.92. The van der Waals surface area contributed by atoms with Crippen molar-refractivity contribution in [3.05, 3.63) is 0 Å². The van der Waals surface area contributed by atoms with E-state index in [-0.39, 0.29) is 12.1 Å². The molecule has 1 unspecified atom stereocenters. The third-order valence-electron chi connectivity index (χ3n) is 3.01. The molecule has 0 bridgehead atoms. The molecule has 0 aromatic heterocycles. The van der Waals surface area contributed by atoms with E-state index in [0.717, 1.165) is 6.54 Å². The highest BCUT2D eigenvalue weighted by molar-refractivity contribution is 5.68. The zero-order valence-electron chi connectivity index (χ0n) is 13.1. The summed E-state index contributed by atoms with van der Waals surface area (Å²) in [6, 6.07) is 0.229. The van der Waals surface area contributed by atoms with Gasteiger partial charge in [0.15, 0.2) is 0 Å². The molecule has 0 aromatic carbocycles. The number of piperazine rings is 1. The van der Waals surface area contributed by atoms with Crippen molar-refractivity contribution in [1.82, 2.24) is 9.80 Å². The van der Waals surface area contributed by atoms with Gasteiger partial charge in [0, 0.05) is 32.2 Å². The Labute approximate surface area is 116 Å². The van der Waals surface area contributed by atoms with Gasteiger partial charge >= 0.3 is 6.09 Å². The molecule has 5 nitrogen and oxygen atoms in total. The molecular weight excluding hydrogens is 244 g/mol. The fraction of sp³-hybridized carbons (Fsp3) is 0.929. The van der Waals surface area contributed by atoms with Gasteiger partial charge in [-0.25, -0.2) is 4.79 Å². The average Bonchev–Trinajstić information content (AvgIpc) is 2.16. The second-order valence-corrected chi connectivity index (χ2v) is 7.06. The molecule has 1 aliphatic heterocycles. The number of rotatable bonds is 2. The highest BCUT2D eigenvalue weighted by atomic mass is 16.6. The minimum absolute atomic E-state index is 0.229. The van der Waals surface area contributed by atoms with Crippen LogP contribution >= 0.6 is 0 Å². The van der Waals surface area contributed by atoms with Crippen LogP contribution in [0.4, 0.5) is 4.79 Å². The smallest absolute Gasteiger partial charge is 0.410 e. The first-order chi connectivity index (χ1) is 8.48. The van der Waals surface area contributed by atoms with Gasteiger partial charge in [-0.05, 0) is 41.5 Å². The lowest BCUT2D eigenvalue weighted by molar-refractivity contribution is -0.0177. The SMILES string of the molecule is CC1CN(C(=O)OC(C)(C)C)CCN1CC(C)(C)O. The second kappa shape index (κ2) is 5.67. The van der Waals surface area contributed by atoms with Crippen LogP contribution in [0, 0.1) is 0 Å². The predicted molar refractivity (Wildman–Crippen MR) is 75.1 cm³/mol. The highest BCUT2D eigenvalue weighted by Gasteiger charge is 2.31. The van der Waals surface area contributed by atoms with E-state index < -0.39 is 11.2 Å². The van der Waals surface area contributed by atoms with Crippen molar-refractivity contribution in [2.24, 2.45) is 0 Å². The molecule has 1 amide bonds. The molecule has 0 spiro atoms. The molecule has 1 aliphatic rings. The minimum Gasteiger partial charge on any atom is -0.444 e. The minimum atomic E-state index is -0.706. The second-order valence-electron chi connectivity index (χ2n) is 7.06. The molecule has 1 fully saturated rings. The zero-order chi connectivity index (χ0) is 14.8. The lowest BCUT2D eigenvalue weighted by Gasteiger charge is -2.42. The molecule has 19 heavy (non-hydrogen) atoms. The summed E-state index contributed by atoms with van der Waals surface area (Å²) in [5.41, 5.74) is -1.16. The van der Waals surface area contributed by atoms with Crippen LogP contribution in [-0.2, 0) is 4.74 Å². The number of β-amino-alcohol motifs (C(OH)–C–C–N with tert-alkyl or cyclic N) is 1. The summed E-state index contributed by atoms with van der Waals surface area (Å²) in [7, 11) is 0. The van der Waals surface area contributed by atoms with Crippen molar-refractivity contribution < 1.29 is 14.6 Å². The van der Waals surface area contributed by atoms with Crippen molar-refractivity contribution in [2.45, 2.75) is 58.8 Å². The molecule has 1 atom stereocenters. The first kappa shape index (κ1) is 16.2. The van der Waals surface area contributed by atoms with Gasteiger partial charge in [0.05, 0.1) is 5.60 Å². The summed E-state index contributed by atoms with van der Waals surface area (Å²) in [6.45, 7) is 14.0. The molecule has 0 radical (unpaired) electrons. The van der Waals surface area contributed by atoms with E-state index >= 15 is 0 Å². The Morgan fingerprint density at radius 2 is 1.84 bits per heavy atom. The lowest BCUT2D eigenvalue weighted by Crippen LogP contribution is -2.57. The number of hydrogen-bond acceptors (Lipinski definition) is 4. The summed E-state index contributed by atoms with van der Waals surface area (Å²) in [6.07, 6.45) is -0.248. The Morgan fingerprint density at radius 1 is 1.26 bits per heavy atom. The van der Waals surface area contributed by atoms with Gasteiger partial charge in [0.2, 0.25) is 0 Å². The largest absolute Gasteiger partial charge is 0.444 e. The van der Waals surface area contributed by atoms with Crippen LogP contribution in [0.5, 0.6) is 0 Å². The number of nitrogens with zero attached hydrogens (tertiary/aromatic N) is 2. The number of hydrogen-bond donors (Lipinski definition) is 1. The van der Waals surface area contributed by atoms with E-state index in [2.05, 4.69) is 11.8 Å². The van der Waals surface area contributed by atoms with Crippen LogP contribution in [-0.4, -0.2) is 64.4 Å². The van der Waals surface area contributed by atoms with Crippen LogP contribution in [0.15, 0.2) is 0 Å². The van der Waals surface area contributed by atoms with Gasteiger partial charge in [0.1, 0.15) is 5.60 Å². The Kier molecular flexibility index (Phi) is 4.85. The highest BCUT2D eigenvalue weighted by Crippen LogP contribution is 2.16. The average molecular weight is 272 g/mol. The first-order valence-electron chi connectivity index (χ1n) is 6.92. The molecule has 112 valence electrons. The zero-order valence-corrected chi connectivity index (χ0v) is 13.1.